The number of rotatable bonds is 9. The lowest BCUT2D eigenvalue weighted by atomic mass is 10.0. The van der Waals surface area contributed by atoms with Crippen molar-refractivity contribution in [1.82, 2.24) is 5.32 Å². The molecule has 1 unspecified atom stereocenters. The third-order valence-electron chi connectivity index (χ3n) is 4.10. The van der Waals surface area contributed by atoms with Gasteiger partial charge in [-0.25, -0.2) is 8.78 Å². The minimum absolute atomic E-state index is 0.0294. The molecule has 0 aromatic heterocycles. The Labute approximate surface area is 165 Å². The highest BCUT2D eigenvalue weighted by Crippen LogP contribution is 2.27. The molecule has 0 saturated heterocycles. The molecule has 0 heterocycles. The number of nitrogens with two attached hydrogens (primary N) is 1. The fourth-order valence-electron chi connectivity index (χ4n) is 2.64. The van der Waals surface area contributed by atoms with Crippen molar-refractivity contribution in [2.24, 2.45) is 16.1 Å². The van der Waals surface area contributed by atoms with Crippen LogP contribution in [0.5, 0.6) is 0 Å². The van der Waals surface area contributed by atoms with Crippen LogP contribution in [0.25, 0.3) is 0 Å². The number of halogens is 2. The first-order chi connectivity index (χ1) is 13.9. The Bertz CT molecular complexity index is 904. The number of carbonyl (C=O) groups excluding carboxylic acids is 1. The molecular formula is C19H20F2N4O4. The monoisotopic (exact) mass is 406 g/mol. The molecule has 1 atom stereocenters. The zero-order chi connectivity index (χ0) is 21.4. The second kappa shape index (κ2) is 10.2. The van der Waals surface area contributed by atoms with Crippen molar-refractivity contribution < 1.29 is 23.5 Å². The fourth-order valence-corrected chi connectivity index (χ4v) is 2.64. The molecule has 0 spiro atoms. The first-order valence-electron chi connectivity index (χ1n) is 8.64. The largest absolute Gasteiger partial charge is 0.409 e. The molecule has 0 fully saturated rings. The molecule has 0 radical (unpaired) electrons. The number of nitrogens with zero attached hydrogens (tertiary/aromatic N) is 2. The van der Waals surface area contributed by atoms with Gasteiger partial charge in [0.1, 0.15) is 18.2 Å². The Balaban J connectivity index is 2.20. The molecule has 2 aromatic rings. The van der Waals surface area contributed by atoms with Gasteiger partial charge in [-0.05, 0) is 18.6 Å². The Hall–Kier alpha value is -3.40. The van der Waals surface area contributed by atoms with Gasteiger partial charge in [0.25, 0.3) is 5.91 Å². The maximum absolute atomic E-state index is 14.6. The average molecular weight is 406 g/mol. The van der Waals surface area contributed by atoms with Crippen molar-refractivity contribution in [3.63, 3.8) is 0 Å². The van der Waals surface area contributed by atoms with Crippen molar-refractivity contribution >= 4 is 11.7 Å². The molecule has 154 valence electrons. The summed E-state index contributed by atoms with van der Waals surface area (Å²) >= 11 is 0. The van der Waals surface area contributed by atoms with Gasteiger partial charge < -0.3 is 21.0 Å². The van der Waals surface area contributed by atoms with E-state index >= 15 is 0 Å². The van der Waals surface area contributed by atoms with E-state index in [4.69, 9.17) is 15.7 Å². The molecule has 0 aliphatic carbocycles. The fraction of sp³-hybridized carbons (Fsp3) is 0.263. The summed E-state index contributed by atoms with van der Waals surface area (Å²) in [7, 11) is 0. The van der Waals surface area contributed by atoms with Crippen LogP contribution in [0.15, 0.2) is 46.7 Å². The molecular weight excluding hydrogens is 386 g/mol. The topological polar surface area (TPSA) is 126 Å². The van der Waals surface area contributed by atoms with E-state index < -0.39 is 35.8 Å². The van der Waals surface area contributed by atoms with Crippen molar-refractivity contribution in [1.29, 1.82) is 0 Å². The summed E-state index contributed by atoms with van der Waals surface area (Å²) < 4.78 is 34.2. The van der Waals surface area contributed by atoms with E-state index in [1.807, 2.05) is 0 Å². The Morgan fingerprint density at radius 1 is 1.24 bits per heavy atom. The zero-order valence-electron chi connectivity index (χ0n) is 15.6. The highest BCUT2D eigenvalue weighted by Gasteiger charge is 2.29. The van der Waals surface area contributed by atoms with Gasteiger partial charge in [-0.15, -0.1) is 0 Å². The lowest BCUT2D eigenvalue weighted by Gasteiger charge is -2.19. The van der Waals surface area contributed by atoms with Crippen LogP contribution in [0.2, 0.25) is 0 Å². The number of nitroso groups, excluding NO2 is 1. The van der Waals surface area contributed by atoms with E-state index in [0.717, 1.165) is 12.1 Å². The van der Waals surface area contributed by atoms with Crippen LogP contribution in [0.3, 0.4) is 0 Å². The summed E-state index contributed by atoms with van der Waals surface area (Å²) in [5.74, 6) is -2.82. The summed E-state index contributed by atoms with van der Waals surface area (Å²) in [6.07, 6.45) is -1.54. The quantitative estimate of drug-likeness (QED) is 0.194. The van der Waals surface area contributed by atoms with Crippen LogP contribution < -0.4 is 11.1 Å². The summed E-state index contributed by atoms with van der Waals surface area (Å²) in [6.45, 7) is 1.17. The van der Waals surface area contributed by atoms with Crippen LogP contribution in [0, 0.1) is 16.5 Å². The molecule has 0 aliphatic heterocycles. The average Bonchev–Trinajstić information content (AvgIpc) is 2.73. The van der Waals surface area contributed by atoms with Gasteiger partial charge in [0.2, 0.25) is 0 Å². The Morgan fingerprint density at radius 3 is 2.52 bits per heavy atom. The lowest BCUT2D eigenvalue weighted by molar-refractivity contribution is -0.133. The van der Waals surface area contributed by atoms with Gasteiger partial charge in [0.15, 0.2) is 11.9 Å². The molecule has 0 saturated carbocycles. The maximum atomic E-state index is 14.6. The van der Waals surface area contributed by atoms with E-state index in [1.54, 1.807) is 31.2 Å². The standard InChI is InChI=1S/C19H20F2N4O4/c1-2-29-17(15-14(20)8-7-13(10-24-27)16(15)21)19(26)23-9-11-3-5-12(6-4-11)18(22)25-28/h3-8,17,28H,2,9-10H2,1H3,(H2,22,25)(H,23,26). The van der Waals surface area contributed by atoms with Crippen molar-refractivity contribution in [2.75, 3.05) is 6.61 Å². The number of ether oxygens (including phenoxy) is 1. The van der Waals surface area contributed by atoms with E-state index in [9.17, 15) is 18.5 Å². The predicted molar refractivity (Wildman–Crippen MR) is 101 cm³/mol. The minimum atomic E-state index is -1.54. The highest BCUT2D eigenvalue weighted by atomic mass is 19.1. The molecule has 4 N–H and O–H groups in total. The number of carbonyl (C=O) groups is 1. The normalized spacial score (nSPS) is 12.4. The number of nitrogens with one attached hydrogen (secondary N) is 1. The zero-order valence-corrected chi connectivity index (χ0v) is 15.6. The molecule has 0 bridgehead atoms. The molecule has 10 heteroatoms. The maximum Gasteiger partial charge on any atom is 0.254 e. The number of hydrogen-bond donors (Lipinski definition) is 3. The van der Waals surface area contributed by atoms with Crippen LogP contribution in [-0.4, -0.2) is 23.6 Å². The highest BCUT2D eigenvalue weighted by molar-refractivity contribution is 5.97. The van der Waals surface area contributed by atoms with Crippen molar-refractivity contribution in [3.05, 3.63) is 75.2 Å². The molecule has 2 aromatic carbocycles. The van der Waals surface area contributed by atoms with Crippen LogP contribution in [0.4, 0.5) is 8.78 Å². The van der Waals surface area contributed by atoms with Crippen LogP contribution in [-0.2, 0) is 22.6 Å². The third kappa shape index (κ3) is 5.32. The SMILES string of the molecule is CCOC(C(=O)NCc1ccc(C(N)=NO)cc1)c1c(F)ccc(CN=O)c1F. The molecule has 1 amide bonds. The van der Waals surface area contributed by atoms with Crippen LogP contribution >= 0.6 is 0 Å². The summed E-state index contributed by atoms with van der Waals surface area (Å²) in [4.78, 5) is 23.0. The first-order valence-corrected chi connectivity index (χ1v) is 8.64. The van der Waals surface area contributed by atoms with Gasteiger partial charge >= 0.3 is 0 Å². The Morgan fingerprint density at radius 2 is 1.93 bits per heavy atom. The van der Waals surface area contributed by atoms with Gasteiger partial charge in [-0.1, -0.05) is 40.7 Å². The second-order valence-corrected chi connectivity index (χ2v) is 5.96. The number of oxime groups is 1. The summed E-state index contributed by atoms with van der Waals surface area (Å²) in [5, 5.41) is 16.7. The van der Waals surface area contributed by atoms with Gasteiger partial charge in [0.05, 0.1) is 5.56 Å². The van der Waals surface area contributed by atoms with Gasteiger partial charge in [0, 0.05) is 24.3 Å². The van der Waals surface area contributed by atoms with Crippen LogP contribution in [0.1, 0.15) is 35.3 Å². The van der Waals surface area contributed by atoms with E-state index in [0.29, 0.717) is 11.1 Å². The number of amides is 1. The lowest BCUT2D eigenvalue weighted by Crippen LogP contribution is -2.32. The van der Waals surface area contributed by atoms with E-state index in [1.165, 1.54) is 0 Å². The number of amidine groups is 1. The van der Waals surface area contributed by atoms with E-state index in [2.05, 4.69) is 15.6 Å². The first kappa shape index (κ1) is 21.9. The summed E-state index contributed by atoms with van der Waals surface area (Å²) in [5.41, 5.74) is 5.93. The smallest absolute Gasteiger partial charge is 0.254 e. The van der Waals surface area contributed by atoms with E-state index in [-0.39, 0.29) is 24.6 Å². The molecule has 8 nitrogen and oxygen atoms in total. The summed E-state index contributed by atoms with van der Waals surface area (Å²) in [6, 6.07) is 8.52. The van der Waals surface area contributed by atoms with Gasteiger partial charge in [-0.3, -0.25) is 4.79 Å². The molecule has 2 rings (SSSR count). The molecule has 0 aliphatic rings. The predicted octanol–water partition coefficient (Wildman–Crippen LogP) is 2.72. The number of benzene rings is 2. The molecule has 29 heavy (non-hydrogen) atoms. The second-order valence-electron chi connectivity index (χ2n) is 5.96. The Kier molecular flexibility index (Phi) is 7.72. The number of hydrogen-bond acceptors (Lipinski definition) is 6. The van der Waals surface area contributed by atoms with Gasteiger partial charge in [-0.2, -0.15) is 4.91 Å². The van der Waals surface area contributed by atoms with Crippen molar-refractivity contribution in [2.45, 2.75) is 26.1 Å². The third-order valence-corrected chi connectivity index (χ3v) is 4.10. The van der Waals surface area contributed by atoms with Crippen molar-refractivity contribution in [3.8, 4) is 0 Å². The minimum Gasteiger partial charge on any atom is -0.409 e.